The second-order valence-electron chi connectivity index (χ2n) is 1.61. The van der Waals surface area contributed by atoms with Gasteiger partial charge in [0.2, 0.25) is 5.24 Å². The van der Waals surface area contributed by atoms with E-state index in [4.69, 9.17) is 11.6 Å². The molecule has 0 N–H and O–H groups in total. The van der Waals surface area contributed by atoms with Gasteiger partial charge in [-0.05, 0) is 11.6 Å². The van der Waals surface area contributed by atoms with Crippen LogP contribution in [0.2, 0.25) is 0 Å². The molecule has 38 valence electrons. The lowest BCUT2D eigenvalue weighted by molar-refractivity contribution is -0.111. The summed E-state index contributed by atoms with van der Waals surface area (Å²) in [4.78, 5) is 10.0. The minimum atomic E-state index is -0.241. The van der Waals surface area contributed by atoms with E-state index in [0.717, 1.165) is 0 Å². The maximum Gasteiger partial charge on any atom is 0.222 e. The first-order valence-electron chi connectivity index (χ1n) is 2.15. The Morgan fingerprint density at radius 3 is 2.43 bits per heavy atom. The Bertz CT molecular complexity index is 111. The number of hydrogen-bond acceptors (Lipinski definition) is 1. The summed E-state index contributed by atoms with van der Waals surface area (Å²) in [6.45, 7) is 0. The molecule has 0 amide bonds. The average molecular weight is 117 g/mol. The van der Waals surface area contributed by atoms with E-state index >= 15 is 0 Å². The minimum absolute atomic E-state index is 0.241. The van der Waals surface area contributed by atoms with E-state index in [1.807, 2.05) is 12.2 Å². The fourth-order valence-electron chi connectivity index (χ4n) is 0.400. The zero-order chi connectivity index (χ0) is 5.28. The highest BCUT2D eigenvalue weighted by Crippen LogP contribution is 2.20. The van der Waals surface area contributed by atoms with Crippen molar-refractivity contribution >= 4 is 16.8 Å². The third-order valence-electron chi connectivity index (χ3n) is 0.861. The number of allylic oxidation sites excluding steroid dienone is 2. The number of halogens is 1. The normalized spacial score (nSPS) is 17.3. The van der Waals surface area contributed by atoms with Crippen molar-refractivity contribution in [2.45, 2.75) is 6.42 Å². The molecule has 0 radical (unpaired) electrons. The predicted molar refractivity (Wildman–Crippen MR) is 28.1 cm³/mol. The van der Waals surface area contributed by atoms with Crippen molar-refractivity contribution in [3.05, 3.63) is 12.2 Å². The summed E-state index contributed by atoms with van der Waals surface area (Å²) in [5, 5.41) is -0.241. The van der Waals surface area contributed by atoms with Gasteiger partial charge in [-0.3, -0.25) is 4.79 Å². The number of carbonyl (C=O) groups is 1. The molecular formula is C5H5ClO. The second-order valence-corrected chi connectivity index (χ2v) is 2.03. The van der Waals surface area contributed by atoms with Gasteiger partial charge in [0.05, 0.1) is 0 Å². The SMILES string of the molecule is O=C(Cl)CC1C=C1. The van der Waals surface area contributed by atoms with Crippen LogP contribution in [0.3, 0.4) is 0 Å². The third kappa shape index (κ3) is 1.74. The van der Waals surface area contributed by atoms with Crippen molar-refractivity contribution in [1.82, 2.24) is 0 Å². The number of carbonyl (C=O) groups excluding carboxylic acids is 1. The average Bonchev–Trinajstić information content (AvgIpc) is 2.17. The Morgan fingerprint density at radius 1 is 1.71 bits per heavy atom. The molecular weight excluding hydrogens is 112 g/mol. The lowest BCUT2D eigenvalue weighted by atomic mass is 10.3. The second kappa shape index (κ2) is 1.66. The summed E-state index contributed by atoms with van der Waals surface area (Å²) >= 11 is 5.03. The van der Waals surface area contributed by atoms with Crippen molar-refractivity contribution in [3.8, 4) is 0 Å². The van der Waals surface area contributed by atoms with E-state index in [1.165, 1.54) is 0 Å². The van der Waals surface area contributed by atoms with Gasteiger partial charge in [-0.15, -0.1) is 0 Å². The predicted octanol–water partition coefficient (Wildman–Crippen LogP) is 1.33. The van der Waals surface area contributed by atoms with Crippen LogP contribution < -0.4 is 0 Å². The van der Waals surface area contributed by atoms with E-state index in [2.05, 4.69) is 0 Å². The molecule has 2 heteroatoms. The smallest absolute Gasteiger partial charge is 0.222 e. The molecule has 1 rings (SSSR count). The van der Waals surface area contributed by atoms with Crippen molar-refractivity contribution < 1.29 is 4.79 Å². The van der Waals surface area contributed by atoms with Crippen molar-refractivity contribution in [2.24, 2.45) is 5.92 Å². The molecule has 0 saturated heterocycles. The summed E-state index contributed by atoms with van der Waals surface area (Å²) in [6, 6.07) is 0. The molecule has 1 aliphatic rings. The number of hydrogen-bond donors (Lipinski definition) is 0. The molecule has 0 aromatic rings. The van der Waals surface area contributed by atoms with E-state index in [9.17, 15) is 4.79 Å². The Morgan fingerprint density at radius 2 is 2.29 bits per heavy atom. The van der Waals surface area contributed by atoms with E-state index in [-0.39, 0.29) is 5.24 Å². The molecule has 0 aliphatic heterocycles. The van der Waals surface area contributed by atoms with Crippen LogP contribution in [0.4, 0.5) is 0 Å². The molecule has 0 fully saturated rings. The quantitative estimate of drug-likeness (QED) is 0.393. The summed E-state index contributed by atoms with van der Waals surface area (Å²) in [5.41, 5.74) is 0. The van der Waals surface area contributed by atoms with Gasteiger partial charge in [-0.1, -0.05) is 12.2 Å². The molecule has 0 bridgehead atoms. The lowest BCUT2D eigenvalue weighted by Crippen LogP contribution is -1.86. The summed E-state index contributed by atoms with van der Waals surface area (Å²) in [6.07, 6.45) is 4.40. The highest BCUT2D eigenvalue weighted by Gasteiger charge is 2.13. The van der Waals surface area contributed by atoms with Crippen LogP contribution in [0, 0.1) is 5.92 Å². The topological polar surface area (TPSA) is 17.1 Å². The van der Waals surface area contributed by atoms with Gasteiger partial charge in [0.15, 0.2) is 0 Å². The van der Waals surface area contributed by atoms with Gasteiger partial charge < -0.3 is 0 Å². The first-order chi connectivity index (χ1) is 3.29. The van der Waals surface area contributed by atoms with E-state index < -0.39 is 0 Å². The Hall–Kier alpha value is -0.300. The van der Waals surface area contributed by atoms with Gasteiger partial charge in [0, 0.05) is 12.3 Å². The number of rotatable bonds is 2. The van der Waals surface area contributed by atoms with Crippen molar-refractivity contribution in [3.63, 3.8) is 0 Å². The molecule has 7 heavy (non-hydrogen) atoms. The van der Waals surface area contributed by atoms with Crippen LogP contribution >= 0.6 is 11.6 Å². The molecule has 1 nitrogen and oxygen atoms in total. The van der Waals surface area contributed by atoms with Gasteiger partial charge in [0.1, 0.15) is 0 Å². The fraction of sp³-hybridized carbons (Fsp3) is 0.400. The van der Waals surface area contributed by atoms with Crippen LogP contribution in [0.15, 0.2) is 12.2 Å². The molecule has 0 unspecified atom stereocenters. The van der Waals surface area contributed by atoms with E-state index in [0.29, 0.717) is 12.3 Å². The Labute approximate surface area is 47.0 Å². The first-order valence-corrected chi connectivity index (χ1v) is 2.53. The summed E-state index contributed by atoms with van der Waals surface area (Å²) in [7, 11) is 0. The van der Waals surface area contributed by atoms with Crippen molar-refractivity contribution in [2.75, 3.05) is 0 Å². The standard InChI is InChI=1S/C5H5ClO/c6-5(7)3-4-1-2-4/h1-2,4H,3H2. The molecule has 1 aliphatic carbocycles. The van der Waals surface area contributed by atoms with Crippen LogP contribution in [-0.2, 0) is 4.79 Å². The van der Waals surface area contributed by atoms with Crippen LogP contribution in [-0.4, -0.2) is 5.24 Å². The Kier molecular flexibility index (Phi) is 1.15. The molecule has 0 heterocycles. The van der Waals surface area contributed by atoms with Crippen molar-refractivity contribution in [1.29, 1.82) is 0 Å². The zero-order valence-electron chi connectivity index (χ0n) is 3.73. The third-order valence-corrected chi connectivity index (χ3v) is 1.02. The fourth-order valence-corrected chi connectivity index (χ4v) is 0.578. The molecule has 0 atom stereocenters. The summed E-state index contributed by atoms with van der Waals surface area (Å²) in [5.74, 6) is 0.394. The van der Waals surface area contributed by atoms with Crippen LogP contribution in [0.1, 0.15) is 6.42 Å². The maximum absolute atomic E-state index is 10.0. The largest absolute Gasteiger partial charge is 0.281 e. The minimum Gasteiger partial charge on any atom is -0.281 e. The zero-order valence-corrected chi connectivity index (χ0v) is 4.48. The van der Waals surface area contributed by atoms with Gasteiger partial charge in [-0.2, -0.15) is 0 Å². The monoisotopic (exact) mass is 116 g/mol. The van der Waals surface area contributed by atoms with Gasteiger partial charge >= 0.3 is 0 Å². The lowest BCUT2D eigenvalue weighted by Gasteiger charge is -1.82. The van der Waals surface area contributed by atoms with Crippen LogP contribution in [0.25, 0.3) is 0 Å². The van der Waals surface area contributed by atoms with E-state index in [1.54, 1.807) is 0 Å². The van der Waals surface area contributed by atoms with Gasteiger partial charge in [-0.25, -0.2) is 0 Å². The molecule has 0 aromatic carbocycles. The Balaban J connectivity index is 2.10. The first kappa shape index (κ1) is 4.85. The molecule has 0 aromatic heterocycles. The molecule has 0 saturated carbocycles. The highest BCUT2D eigenvalue weighted by atomic mass is 35.5. The molecule has 0 spiro atoms. The van der Waals surface area contributed by atoms with Gasteiger partial charge in [0.25, 0.3) is 0 Å². The maximum atomic E-state index is 10.0. The van der Waals surface area contributed by atoms with Crippen LogP contribution in [0.5, 0.6) is 0 Å². The summed E-state index contributed by atoms with van der Waals surface area (Å²) < 4.78 is 0. The highest BCUT2D eigenvalue weighted by molar-refractivity contribution is 6.63.